The summed E-state index contributed by atoms with van der Waals surface area (Å²) in [4.78, 5) is 24.8. The van der Waals surface area contributed by atoms with Crippen LogP contribution in [0, 0.1) is 30.2 Å². The average Bonchev–Trinajstić information content (AvgIpc) is 3.47. The molecule has 10 heteroatoms. The number of carbonyl (C=O) groups excluding carboxylic acids is 1. The van der Waals surface area contributed by atoms with Gasteiger partial charge in [-0.05, 0) is 54.5 Å². The van der Waals surface area contributed by atoms with E-state index < -0.39 is 46.7 Å². The topological polar surface area (TPSA) is 72.1 Å². The second-order valence-corrected chi connectivity index (χ2v) is 9.52. The van der Waals surface area contributed by atoms with Gasteiger partial charge in [0.2, 0.25) is 5.91 Å². The maximum Gasteiger partial charge on any atom is 0.232 e. The lowest BCUT2D eigenvalue weighted by molar-refractivity contribution is -0.117. The van der Waals surface area contributed by atoms with Crippen molar-refractivity contribution >= 4 is 28.7 Å². The van der Waals surface area contributed by atoms with Crippen LogP contribution in [0.15, 0.2) is 35.7 Å². The number of fused-ring (bicyclic) bond motifs is 3. The van der Waals surface area contributed by atoms with E-state index in [4.69, 9.17) is 15.7 Å². The highest BCUT2D eigenvalue weighted by atomic mass is 32.1. The molecule has 38 heavy (non-hydrogen) atoms. The van der Waals surface area contributed by atoms with Gasteiger partial charge in [0.15, 0.2) is 29.1 Å². The molecule has 1 aliphatic rings. The van der Waals surface area contributed by atoms with Gasteiger partial charge in [0.1, 0.15) is 5.69 Å². The normalized spacial score (nSPS) is 11.8. The van der Waals surface area contributed by atoms with Crippen LogP contribution in [0.3, 0.4) is 0 Å². The van der Waals surface area contributed by atoms with Crippen molar-refractivity contribution in [2.45, 2.75) is 40.0 Å². The van der Waals surface area contributed by atoms with Gasteiger partial charge in [0, 0.05) is 23.9 Å². The van der Waals surface area contributed by atoms with Crippen molar-refractivity contribution in [3.05, 3.63) is 81.4 Å². The standard InChI is InChI=1S/C26H20F4N4OS.C2H6/c1-12-16(21(28)23(30)22(29)20(12)27)11-19(35)34(2)26-25(18-4-3-9-36-18)33-24-15-7-6-14(31)10-13(15)5-8-17(24)32-26;1-2/h3-4,6-7,9-10H,5,8,11,31H2,1-2H3;1-2H3. The predicted octanol–water partition coefficient (Wildman–Crippen LogP) is 6.65. The van der Waals surface area contributed by atoms with Crippen molar-refractivity contribution < 1.29 is 22.4 Å². The molecule has 0 spiro atoms. The minimum Gasteiger partial charge on any atom is -0.399 e. The second kappa shape index (κ2) is 10.9. The van der Waals surface area contributed by atoms with E-state index in [1.54, 1.807) is 6.07 Å². The van der Waals surface area contributed by atoms with E-state index in [-0.39, 0.29) is 5.82 Å². The Morgan fingerprint density at radius 2 is 1.71 bits per heavy atom. The lowest BCUT2D eigenvalue weighted by Crippen LogP contribution is -2.31. The van der Waals surface area contributed by atoms with Crippen molar-refractivity contribution in [3.8, 4) is 21.8 Å². The number of likely N-dealkylation sites (N-methyl/N-ethyl adjacent to an activating group) is 1. The van der Waals surface area contributed by atoms with Gasteiger partial charge in [-0.1, -0.05) is 26.0 Å². The van der Waals surface area contributed by atoms with Crippen LogP contribution in [0.4, 0.5) is 29.1 Å². The number of nitrogens with two attached hydrogens (primary N) is 1. The van der Waals surface area contributed by atoms with Gasteiger partial charge in [-0.3, -0.25) is 9.69 Å². The zero-order valence-corrected chi connectivity index (χ0v) is 22.1. The maximum atomic E-state index is 14.4. The Hall–Kier alpha value is -3.79. The molecule has 0 bridgehead atoms. The summed E-state index contributed by atoms with van der Waals surface area (Å²) in [6.07, 6.45) is 0.573. The van der Waals surface area contributed by atoms with E-state index in [1.165, 1.54) is 23.3 Å². The fourth-order valence-corrected chi connectivity index (χ4v) is 5.06. The number of rotatable bonds is 4. The van der Waals surface area contributed by atoms with E-state index in [9.17, 15) is 22.4 Å². The molecular formula is C28H26F4N4OS. The number of carbonyl (C=O) groups is 1. The predicted molar refractivity (Wildman–Crippen MR) is 142 cm³/mol. The van der Waals surface area contributed by atoms with Crippen molar-refractivity contribution in [2.24, 2.45) is 0 Å². The van der Waals surface area contributed by atoms with E-state index in [2.05, 4.69) is 0 Å². The molecule has 1 amide bonds. The lowest BCUT2D eigenvalue weighted by Gasteiger charge is -2.24. The van der Waals surface area contributed by atoms with Gasteiger partial charge in [-0.2, -0.15) is 0 Å². The van der Waals surface area contributed by atoms with E-state index in [1.807, 2.05) is 43.5 Å². The molecule has 2 aromatic carbocycles. The molecule has 198 valence electrons. The van der Waals surface area contributed by atoms with Gasteiger partial charge in [-0.15, -0.1) is 11.3 Å². The minimum absolute atomic E-state index is 0.237. The molecule has 2 N–H and O–H groups in total. The fourth-order valence-electron chi connectivity index (χ4n) is 4.35. The molecule has 5 rings (SSSR count). The largest absolute Gasteiger partial charge is 0.399 e. The van der Waals surface area contributed by atoms with Crippen LogP contribution in [0.2, 0.25) is 0 Å². The van der Waals surface area contributed by atoms with Gasteiger partial charge >= 0.3 is 0 Å². The number of hydrogen-bond donors (Lipinski definition) is 1. The Labute approximate surface area is 222 Å². The Morgan fingerprint density at radius 3 is 2.39 bits per heavy atom. The monoisotopic (exact) mass is 542 g/mol. The van der Waals surface area contributed by atoms with Crippen molar-refractivity contribution in [2.75, 3.05) is 17.7 Å². The quantitative estimate of drug-likeness (QED) is 0.136. The Balaban J connectivity index is 0.00000164. The van der Waals surface area contributed by atoms with E-state index in [0.29, 0.717) is 35.6 Å². The molecule has 2 heterocycles. The number of aryl methyl sites for hydroxylation is 2. The number of thiophene rings is 1. The average molecular weight is 543 g/mol. The first-order chi connectivity index (χ1) is 18.2. The number of benzene rings is 2. The number of anilines is 2. The highest BCUT2D eigenvalue weighted by Crippen LogP contribution is 2.38. The first-order valence-electron chi connectivity index (χ1n) is 12.1. The number of aromatic nitrogens is 2. The van der Waals surface area contributed by atoms with Crippen LogP contribution in [0.1, 0.15) is 36.2 Å². The van der Waals surface area contributed by atoms with Gasteiger partial charge in [0.05, 0.1) is 22.7 Å². The summed E-state index contributed by atoms with van der Waals surface area (Å²) < 4.78 is 55.9. The lowest BCUT2D eigenvalue weighted by atomic mass is 9.91. The van der Waals surface area contributed by atoms with Crippen LogP contribution in [-0.2, 0) is 24.1 Å². The Bertz CT molecular complexity index is 1490. The van der Waals surface area contributed by atoms with Crippen molar-refractivity contribution in [1.82, 2.24) is 9.97 Å². The highest BCUT2D eigenvalue weighted by molar-refractivity contribution is 7.13. The number of halogens is 4. The molecule has 0 atom stereocenters. The van der Waals surface area contributed by atoms with Crippen LogP contribution in [-0.4, -0.2) is 22.9 Å². The van der Waals surface area contributed by atoms with Gasteiger partial charge in [0.25, 0.3) is 0 Å². The first kappa shape index (κ1) is 27.3. The summed E-state index contributed by atoms with van der Waals surface area (Å²) in [5, 5.41) is 1.86. The van der Waals surface area contributed by atoms with Gasteiger partial charge in [-0.25, -0.2) is 27.5 Å². The summed E-state index contributed by atoms with van der Waals surface area (Å²) in [6, 6.07) is 9.27. The van der Waals surface area contributed by atoms with Crippen LogP contribution >= 0.6 is 11.3 Å². The molecule has 2 aromatic heterocycles. The zero-order valence-electron chi connectivity index (χ0n) is 21.3. The number of amides is 1. The van der Waals surface area contributed by atoms with Crippen LogP contribution in [0.5, 0.6) is 0 Å². The first-order valence-corrected chi connectivity index (χ1v) is 13.0. The molecule has 0 aliphatic heterocycles. The van der Waals surface area contributed by atoms with Crippen molar-refractivity contribution in [1.29, 1.82) is 0 Å². The smallest absolute Gasteiger partial charge is 0.232 e. The molecule has 0 saturated carbocycles. The third kappa shape index (κ3) is 4.76. The molecule has 0 fully saturated rings. The number of nitrogen functional groups attached to an aromatic ring is 1. The summed E-state index contributed by atoms with van der Waals surface area (Å²) in [5.74, 6) is -7.40. The van der Waals surface area contributed by atoms with Crippen LogP contribution in [0.25, 0.3) is 21.8 Å². The summed E-state index contributed by atoms with van der Waals surface area (Å²) in [6.45, 7) is 5.10. The molecule has 1 aliphatic carbocycles. The Kier molecular flexibility index (Phi) is 7.82. The minimum atomic E-state index is -1.95. The summed E-state index contributed by atoms with van der Waals surface area (Å²) in [5.41, 5.74) is 9.37. The van der Waals surface area contributed by atoms with E-state index >= 15 is 0 Å². The van der Waals surface area contributed by atoms with E-state index in [0.717, 1.165) is 22.9 Å². The second-order valence-electron chi connectivity index (χ2n) is 8.57. The molecule has 0 saturated heterocycles. The highest BCUT2D eigenvalue weighted by Gasteiger charge is 2.29. The van der Waals surface area contributed by atoms with Gasteiger partial charge < -0.3 is 5.73 Å². The van der Waals surface area contributed by atoms with Crippen molar-refractivity contribution in [3.63, 3.8) is 0 Å². The number of nitrogens with zero attached hydrogens (tertiary/aromatic N) is 3. The molecule has 5 nitrogen and oxygen atoms in total. The number of hydrogen-bond acceptors (Lipinski definition) is 5. The SMILES string of the molecule is CC.Cc1c(F)c(F)c(F)c(F)c1CC(=O)N(C)c1nc2c(nc1-c1cccs1)-c1ccc(N)cc1CC2. The summed E-state index contributed by atoms with van der Waals surface area (Å²) >= 11 is 1.41. The third-order valence-electron chi connectivity index (χ3n) is 6.36. The fraction of sp³-hybridized carbons (Fsp3) is 0.250. The maximum absolute atomic E-state index is 14.4. The molecule has 0 radical (unpaired) electrons. The molecular weight excluding hydrogens is 516 g/mol. The summed E-state index contributed by atoms with van der Waals surface area (Å²) in [7, 11) is 1.44. The Morgan fingerprint density at radius 1 is 1.00 bits per heavy atom. The molecule has 4 aromatic rings. The van der Waals surface area contributed by atoms with Crippen LogP contribution < -0.4 is 10.6 Å². The molecule has 0 unspecified atom stereocenters. The zero-order chi connectivity index (χ0) is 27.7. The third-order valence-corrected chi connectivity index (χ3v) is 7.24.